The van der Waals surface area contributed by atoms with Crippen molar-refractivity contribution < 1.29 is 19.7 Å². The van der Waals surface area contributed by atoms with Crippen LogP contribution in [0.25, 0.3) is 0 Å². The van der Waals surface area contributed by atoms with E-state index in [1.54, 1.807) is 19.1 Å². The van der Waals surface area contributed by atoms with Crippen LogP contribution in [0.2, 0.25) is 0 Å². The maximum Gasteiger partial charge on any atom is 0.335 e. The Labute approximate surface area is 106 Å². The molecule has 100 valence electrons. The third-order valence-electron chi connectivity index (χ3n) is 2.49. The second-order valence-electron chi connectivity index (χ2n) is 3.95. The number of rotatable bonds is 8. The van der Waals surface area contributed by atoms with Crippen molar-refractivity contribution in [3.63, 3.8) is 0 Å². The van der Waals surface area contributed by atoms with Gasteiger partial charge in [-0.1, -0.05) is 0 Å². The smallest absolute Gasteiger partial charge is 0.335 e. The van der Waals surface area contributed by atoms with Gasteiger partial charge in [0.05, 0.1) is 18.8 Å². The van der Waals surface area contributed by atoms with E-state index in [-0.39, 0.29) is 6.61 Å². The van der Waals surface area contributed by atoms with Crippen LogP contribution in [0.15, 0.2) is 18.2 Å². The van der Waals surface area contributed by atoms with Gasteiger partial charge in [0.2, 0.25) is 0 Å². The molecule has 0 saturated heterocycles. The maximum absolute atomic E-state index is 10.8. The molecule has 0 heterocycles. The molecule has 0 aliphatic heterocycles. The molecule has 1 rings (SSSR count). The average molecular weight is 253 g/mol. The number of hydrogen-bond acceptors (Lipinski definition) is 4. The van der Waals surface area contributed by atoms with Gasteiger partial charge in [-0.25, -0.2) is 4.79 Å². The van der Waals surface area contributed by atoms with Crippen LogP contribution in [0.1, 0.15) is 22.3 Å². The Morgan fingerprint density at radius 3 is 2.78 bits per heavy atom. The summed E-state index contributed by atoms with van der Waals surface area (Å²) in [5, 5.41) is 20.6. The summed E-state index contributed by atoms with van der Waals surface area (Å²) in [6.45, 7) is 3.53. The lowest BCUT2D eigenvalue weighted by Gasteiger charge is -2.08. The molecule has 0 fully saturated rings. The number of aromatic carboxylic acids is 1. The Balaban J connectivity index is 2.35. The molecule has 0 saturated carbocycles. The molecule has 0 aromatic heterocycles. The molecule has 0 unspecified atom stereocenters. The molecular weight excluding hydrogens is 234 g/mol. The Kier molecular flexibility index (Phi) is 6.18. The molecule has 18 heavy (non-hydrogen) atoms. The number of carbonyl (C=O) groups is 1. The SMILES string of the molecule is Cc1cc(NCCCOCCO)ccc1C(=O)O. The van der Waals surface area contributed by atoms with Crippen molar-refractivity contribution in [2.24, 2.45) is 0 Å². The van der Waals surface area contributed by atoms with Gasteiger partial charge in [0, 0.05) is 18.8 Å². The standard InChI is InChI=1S/C13H19NO4/c1-10-9-11(3-4-12(10)13(16)17)14-5-2-7-18-8-6-15/h3-4,9,14-15H,2,5-8H2,1H3,(H,16,17). The van der Waals surface area contributed by atoms with Crippen molar-refractivity contribution >= 4 is 11.7 Å². The Morgan fingerprint density at radius 1 is 1.39 bits per heavy atom. The molecule has 1 aromatic carbocycles. The highest BCUT2D eigenvalue weighted by Crippen LogP contribution is 2.15. The fourth-order valence-corrected chi connectivity index (χ4v) is 1.59. The summed E-state index contributed by atoms with van der Waals surface area (Å²) in [5.41, 5.74) is 1.97. The molecule has 0 radical (unpaired) electrons. The number of ether oxygens (including phenoxy) is 1. The quantitative estimate of drug-likeness (QED) is 0.612. The van der Waals surface area contributed by atoms with E-state index in [0.717, 1.165) is 24.2 Å². The average Bonchev–Trinajstić information content (AvgIpc) is 2.33. The van der Waals surface area contributed by atoms with Gasteiger partial charge in [-0.3, -0.25) is 0 Å². The van der Waals surface area contributed by atoms with Crippen molar-refractivity contribution in [1.29, 1.82) is 0 Å². The summed E-state index contributed by atoms with van der Waals surface area (Å²) >= 11 is 0. The van der Waals surface area contributed by atoms with Crippen LogP contribution in [-0.2, 0) is 4.74 Å². The first kappa shape index (κ1) is 14.5. The second-order valence-corrected chi connectivity index (χ2v) is 3.95. The number of carboxylic acid groups (broad SMARTS) is 1. The molecular formula is C13H19NO4. The number of aliphatic hydroxyl groups excluding tert-OH is 1. The van der Waals surface area contributed by atoms with E-state index in [1.165, 1.54) is 0 Å². The largest absolute Gasteiger partial charge is 0.478 e. The fourth-order valence-electron chi connectivity index (χ4n) is 1.59. The van der Waals surface area contributed by atoms with Crippen LogP contribution >= 0.6 is 0 Å². The summed E-state index contributed by atoms with van der Waals surface area (Å²) in [6, 6.07) is 5.17. The molecule has 0 aliphatic rings. The number of benzene rings is 1. The second kappa shape index (κ2) is 7.68. The Hall–Kier alpha value is -1.59. The number of aliphatic hydroxyl groups is 1. The summed E-state index contributed by atoms with van der Waals surface area (Å²) < 4.78 is 5.13. The number of hydrogen-bond donors (Lipinski definition) is 3. The molecule has 1 aromatic rings. The van der Waals surface area contributed by atoms with E-state index in [2.05, 4.69) is 5.32 Å². The number of anilines is 1. The van der Waals surface area contributed by atoms with Crippen LogP contribution in [0.4, 0.5) is 5.69 Å². The zero-order valence-electron chi connectivity index (χ0n) is 10.5. The lowest BCUT2D eigenvalue weighted by atomic mass is 10.1. The zero-order valence-corrected chi connectivity index (χ0v) is 10.5. The Bertz CT molecular complexity index is 393. The fraction of sp³-hybridized carbons (Fsp3) is 0.462. The summed E-state index contributed by atoms with van der Waals surface area (Å²) in [6.07, 6.45) is 0.833. The van der Waals surface area contributed by atoms with Gasteiger partial charge in [-0.05, 0) is 37.1 Å². The molecule has 0 bridgehead atoms. The first-order valence-corrected chi connectivity index (χ1v) is 5.91. The van der Waals surface area contributed by atoms with Crippen molar-refractivity contribution in [3.05, 3.63) is 29.3 Å². The van der Waals surface area contributed by atoms with Crippen molar-refractivity contribution in [3.8, 4) is 0 Å². The van der Waals surface area contributed by atoms with Gasteiger partial charge >= 0.3 is 5.97 Å². The van der Waals surface area contributed by atoms with Gasteiger partial charge < -0.3 is 20.3 Å². The van der Waals surface area contributed by atoms with E-state index in [9.17, 15) is 4.79 Å². The first-order chi connectivity index (χ1) is 8.65. The highest BCUT2D eigenvalue weighted by Gasteiger charge is 2.06. The topological polar surface area (TPSA) is 78.8 Å². The molecule has 0 aliphatic carbocycles. The minimum Gasteiger partial charge on any atom is -0.478 e. The zero-order chi connectivity index (χ0) is 13.4. The summed E-state index contributed by atoms with van der Waals surface area (Å²) in [5.74, 6) is -0.906. The van der Waals surface area contributed by atoms with Gasteiger partial charge in [0.1, 0.15) is 0 Å². The van der Waals surface area contributed by atoms with Crippen LogP contribution < -0.4 is 5.32 Å². The lowest BCUT2D eigenvalue weighted by Crippen LogP contribution is -2.08. The van der Waals surface area contributed by atoms with Gasteiger partial charge in [-0.15, -0.1) is 0 Å². The highest BCUT2D eigenvalue weighted by molar-refractivity contribution is 5.89. The highest BCUT2D eigenvalue weighted by atomic mass is 16.5. The van der Waals surface area contributed by atoms with Gasteiger partial charge in [-0.2, -0.15) is 0 Å². The van der Waals surface area contributed by atoms with Crippen molar-refractivity contribution in [2.75, 3.05) is 31.7 Å². The summed E-state index contributed by atoms with van der Waals surface area (Å²) in [7, 11) is 0. The van der Waals surface area contributed by atoms with E-state index >= 15 is 0 Å². The lowest BCUT2D eigenvalue weighted by molar-refractivity contribution is 0.0696. The maximum atomic E-state index is 10.8. The summed E-state index contributed by atoms with van der Waals surface area (Å²) in [4.78, 5) is 10.8. The van der Waals surface area contributed by atoms with E-state index in [4.69, 9.17) is 14.9 Å². The van der Waals surface area contributed by atoms with E-state index < -0.39 is 5.97 Å². The minimum absolute atomic E-state index is 0.0449. The van der Waals surface area contributed by atoms with Crippen LogP contribution in [-0.4, -0.2) is 42.5 Å². The molecule has 0 spiro atoms. The molecule has 0 amide bonds. The predicted molar refractivity (Wildman–Crippen MR) is 69.1 cm³/mol. The first-order valence-electron chi connectivity index (χ1n) is 5.91. The third kappa shape index (κ3) is 4.73. The molecule has 0 atom stereocenters. The third-order valence-corrected chi connectivity index (χ3v) is 2.49. The molecule has 5 heteroatoms. The van der Waals surface area contributed by atoms with E-state index in [0.29, 0.717) is 18.8 Å². The van der Waals surface area contributed by atoms with Crippen LogP contribution in [0.5, 0.6) is 0 Å². The monoisotopic (exact) mass is 253 g/mol. The van der Waals surface area contributed by atoms with Crippen LogP contribution in [0.3, 0.4) is 0 Å². The van der Waals surface area contributed by atoms with Gasteiger partial charge in [0.15, 0.2) is 0 Å². The van der Waals surface area contributed by atoms with Crippen LogP contribution in [0, 0.1) is 6.92 Å². The Morgan fingerprint density at radius 2 is 2.17 bits per heavy atom. The number of nitrogens with one attached hydrogen (secondary N) is 1. The van der Waals surface area contributed by atoms with Crippen molar-refractivity contribution in [2.45, 2.75) is 13.3 Å². The van der Waals surface area contributed by atoms with Crippen molar-refractivity contribution in [1.82, 2.24) is 0 Å². The number of carboxylic acids is 1. The van der Waals surface area contributed by atoms with E-state index in [1.807, 2.05) is 6.07 Å². The van der Waals surface area contributed by atoms with Gasteiger partial charge in [0.25, 0.3) is 0 Å². The molecule has 3 N–H and O–H groups in total. The minimum atomic E-state index is -0.906. The predicted octanol–water partition coefficient (Wildman–Crippen LogP) is 1.50. The normalized spacial score (nSPS) is 10.3. The number of aryl methyl sites for hydroxylation is 1. The molecule has 5 nitrogen and oxygen atoms in total.